The zero-order valence-electron chi connectivity index (χ0n) is 17.5. The van der Waals surface area contributed by atoms with Crippen molar-refractivity contribution in [1.29, 1.82) is 0 Å². The lowest BCUT2D eigenvalue weighted by Gasteiger charge is -2.30. The molecule has 0 aliphatic carbocycles. The first-order valence-electron chi connectivity index (χ1n) is 9.97. The van der Waals surface area contributed by atoms with Crippen LogP contribution in [0.4, 0.5) is 0 Å². The highest BCUT2D eigenvalue weighted by atomic mass is 35.5. The highest BCUT2D eigenvalue weighted by Crippen LogP contribution is 2.27. The summed E-state index contributed by atoms with van der Waals surface area (Å²) in [6, 6.07) is 14.6. The number of carbonyl (C=O) groups excluding carboxylic acids is 2. The van der Waals surface area contributed by atoms with Crippen LogP contribution in [-0.4, -0.2) is 34.6 Å². The molecular weight excluding hydrogens is 439 g/mol. The van der Waals surface area contributed by atoms with Gasteiger partial charge in [0, 0.05) is 33.9 Å². The maximum Gasteiger partial charge on any atom is 0.242 e. The molecule has 2 aromatic rings. The smallest absolute Gasteiger partial charge is 0.242 e. The second-order valence-corrected chi connectivity index (χ2v) is 8.99. The van der Waals surface area contributed by atoms with Gasteiger partial charge in [-0.3, -0.25) is 9.59 Å². The molecule has 0 fully saturated rings. The molecule has 2 amide bonds. The van der Waals surface area contributed by atoms with Crippen LogP contribution >= 0.6 is 35.0 Å². The zero-order valence-corrected chi connectivity index (χ0v) is 19.9. The van der Waals surface area contributed by atoms with Crippen molar-refractivity contribution in [3.05, 3.63) is 69.7 Å². The van der Waals surface area contributed by atoms with Gasteiger partial charge in [-0.1, -0.05) is 66.5 Å². The molecule has 162 valence electrons. The van der Waals surface area contributed by atoms with E-state index in [1.54, 1.807) is 30.0 Å². The fourth-order valence-electron chi connectivity index (χ4n) is 2.82. The van der Waals surface area contributed by atoms with Gasteiger partial charge in [-0.2, -0.15) is 0 Å². The molecule has 0 aliphatic heterocycles. The number of benzene rings is 2. The first-order valence-corrected chi connectivity index (χ1v) is 11.9. The van der Waals surface area contributed by atoms with Crippen LogP contribution in [-0.2, 0) is 21.9 Å². The summed E-state index contributed by atoms with van der Waals surface area (Å²) in [6.07, 6.45) is 0.815. The summed E-state index contributed by atoms with van der Waals surface area (Å²) in [4.78, 5) is 27.4. The second-order valence-electron chi connectivity index (χ2n) is 7.19. The number of halogens is 2. The normalized spacial score (nSPS) is 12.8. The third kappa shape index (κ3) is 7.22. The predicted octanol–water partition coefficient (Wildman–Crippen LogP) is 5.56. The van der Waals surface area contributed by atoms with Gasteiger partial charge in [-0.05, 0) is 38.0 Å². The van der Waals surface area contributed by atoms with Crippen LogP contribution in [0.3, 0.4) is 0 Å². The molecule has 0 saturated heterocycles. The number of hydrogen-bond acceptors (Lipinski definition) is 3. The van der Waals surface area contributed by atoms with Gasteiger partial charge >= 0.3 is 0 Å². The zero-order chi connectivity index (χ0) is 22.1. The van der Waals surface area contributed by atoms with E-state index in [2.05, 4.69) is 5.32 Å². The molecule has 0 bridgehead atoms. The molecule has 2 rings (SSSR count). The Bertz CT molecular complexity index is 828. The Labute approximate surface area is 193 Å². The molecule has 0 spiro atoms. The average Bonchev–Trinajstić information content (AvgIpc) is 2.73. The first kappa shape index (κ1) is 24.6. The van der Waals surface area contributed by atoms with E-state index in [1.807, 2.05) is 44.2 Å². The number of nitrogens with one attached hydrogen (secondary N) is 1. The number of nitrogens with zero attached hydrogens (tertiary/aromatic N) is 1. The van der Waals surface area contributed by atoms with Crippen molar-refractivity contribution >= 4 is 46.8 Å². The van der Waals surface area contributed by atoms with E-state index < -0.39 is 6.04 Å². The third-order valence-electron chi connectivity index (χ3n) is 4.90. The molecule has 2 atom stereocenters. The standard InChI is InChI=1S/C23H28Cl2N2O2S/c1-4-16(2)26-23(29)17(3)27(13-19-20(24)11-8-12-21(19)25)22(28)15-30-14-18-9-6-5-7-10-18/h5-12,16-17H,4,13-15H2,1-3H3,(H,26,29). The maximum absolute atomic E-state index is 13.1. The number of hydrogen-bond donors (Lipinski definition) is 1. The van der Waals surface area contributed by atoms with Gasteiger partial charge in [0.25, 0.3) is 0 Å². The van der Waals surface area contributed by atoms with Gasteiger partial charge in [-0.25, -0.2) is 0 Å². The summed E-state index contributed by atoms with van der Waals surface area (Å²) in [5.74, 6) is 0.672. The van der Waals surface area contributed by atoms with E-state index in [4.69, 9.17) is 23.2 Å². The van der Waals surface area contributed by atoms with E-state index in [0.717, 1.165) is 17.7 Å². The monoisotopic (exact) mass is 466 g/mol. The molecule has 0 aliphatic rings. The van der Waals surface area contributed by atoms with Crippen LogP contribution in [0.5, 0.6) is 0 Å². The Kier molecular flexibility index (Phi) is 10.0. The summed E-state index contributed by atoms with van der Waals surface area (Å²) in [6.45, 7) is 5.86. The Hall–Kier alpha value is -1.69. The highest BCUT2D eigenvalue weighted by Gasteiger charge is 2.27. The van der Waals surface area contributed by atoms with E-state index in [9.17, 15) is 9.59 Å². The second kappa shape index (κ2) is 12.2. The molecule has 4 nitrogen and oxygen atoms in total. The van der Waals surface area contributed by atoms with Crippen LogP contribution in [0.1, 0.15) is 38.3 Å². The summed E-state index contributed by atoms with van der Waals surface area (Å²) < 4.78 is 0. The summed E-state index contributed by atoms with van der Waals surface area (Å²) in [5, 5.41) is 3.91. The molecule has 2 aromatic carbocycles. The van der Waals surface area contributed by atoms with Crippen LogP contribution in [0.25, 0.3) is 0 Å². The molecule has 7 heteroatoms. The van der Waals surface area contributed by atoms with Gasteiger partial charge in [-0.15, -0.1) is 11.8 Å². The SMILES string of the molecule is CCC(C)NC(=O)C(C)N(Cc1c(Cl)cccc1Cl)C(=O)CSCc1ccccc1. The molecule has 2 unspecified atom stereocenters. The number of amides is 2. The van der Waals surface area contributed by atoms with Crippen LogP contribution in [0.15, 0.2) is 48.5 Å². The Morgan fingerprint density at radius 1 is 1.03 bits per heavy atom. The van der Waals surface area contributed by atoms with Crippen molar-refractivity contribution in [2.75, 3.05) is 5.75 Å². The minimum atomic E-state index is -0.642. The first-order chi connectivity index (χ1) is 14.3. The lowest BCUT2D eigenvalue weighted by molar-refractivity contribution is -0.138. The molecule has 0 saturated carbocycles. The van der Waals surface area contributed by atoms with Gasteiger partial charge in [0.2, 0.25) is 11.8 Å². The Morgan fingerprint density at radius 3 is 2.27 bits per heavy atom. The van der Waals surface area contributed by atoms with Crippen molar-refractivity contribution in [2.45, 2.75) is 51.6 Å². The average molecular weight is 467 g/mol. The molecule has 1 N–H and O–H groups in total. The van der Waals surface area contributed by atoms with Crippen molar-refractivity contribution in [3.63, 3.8) is 0 Å². The summed E-state index contributed by atoms with van der Waals surface area (Å²) in [7, 11) is 0. The Morgan fingerprint density at radius 2 is 1.67 bits per heavy atom. The van der Waals surface area contributed by atoms with Gasteiger partial charge in [0.1, 0.15) is 6.04 Å². The van der Waals surface area contributed by atoms with E-state index >= 15 is 0 Å². The fraction of sp³-hybridized carbons (Fsp3) is 0.391. The van der Waals surface area contributed by atoms with Crippen molar-refractivity contribution < 1.29 is 9.59 Å². The largest absolute Gasteiger partial charge is 0.352 e. The molecule has 0 radical (unpaired) electrons. The Balaban J connectivity index is 2.14. The van der Waals surface area contributed by atoms with Crippen LogP contribution < -0.4 is 5.32 Å². The van der Waals surface area contributed by atoms with E-state index in [0.29, 0.717) is 15.6 Å². The topological polar surface area (TPSA) is 49.4 Å². The van der Waals surface area contributed by atoms with Crippen molar-refractivity contribution in [3.8, 4) is 0 Å². The lowest BCUT2D eigenvalue weighted by Crippen LogP contribution is -2.50. The van der Waals surface area contributed by atoms with E-state index in [1.165, 1.54) is 11.8 Å². The third-order valence-corrected chi connectivity index (χ3v) is 6.59. The number of rotatable bonds is 10. The van der Waals surface area contributed by atoms with Gasteiger partial charge in [0.15, 0.2) is 0 Å². The maximum atomic E-state index is 13.1. The quantitative estimate of drug-likeness (QED) is 0.498. The lowest BCUT2D eigenvalue weighted by atomic mass is 10.1. The van der Waals surface area contributed by atoms with Gasteiger partial charge < -0.3 is 10.2 Å². The summed E-state index contributed by atoms with van der Waals surface area (Å²) >= 11 is 14.2. The van der Waals surface area contributed by atoms with Gasteiger partial charge in [0.05, 0.1) is 5.75 Å². The fourth-order valence-corrected chi connectivity index (χ4v) is 4.20. The number of thioether (sulfide) groups is 1. The van der Waals surface area contributed by atoms with E-state index in [-0.39, 0.29) is 30.2 Å². The molecular formula is C23H28Cl2N2O2S. The molecule has 0 aromatic heterocycles. The molecule has 30 heavy (non-hydrogen) atoms. The predicted molar refractivity (Wildman–Crippen MR) is 127 cm³/mol. The minimum absolute atomic E-state index is 0.0354. The highest BCUT2D eigenvalue weighted by molar-refractivity contribution is 7.99. The van der Waals surface area contributed by atoms with Crippen molar-refractivity contribution in [1.82, 2.24) is 10.2 Å². The minimum Gasteiger partial charge on any atom is -0.352 e. The van der Waals surface area contributed by atoms with Crippen LogP contribution in [0.2, 0.25) is 10.0 Å². The van der Waals surface area contributed by atoms with Crippen LogP contribution in [0, 0.1) is 0 Å². The number of carbonyl (C=O) groups is 2. The van der Waals surface area contributed by atoms with Crippen molar-refractivity contribution in [2.24, 2.45) is 0 Å². The molecule has 0 heterocycles. The summed E-state index contributed by atoms with van der Waals surface area (Å²) in [5.41, 5.74) is 1.80.